The van der Waals surface area contributed by atoms with Crippen LogP contribution in [0.15, 0.2) is 11.6 Å². The monoisotopic (exact) mass is 240 g/mol. The molecule has 1 aliphatic rings. The van der Waals surface area contributed by atoms with Crippen molar-refractivity contribution in [3.05, 3.63) is 11.6 Å². The van der Waals surface area contributed by atoms with E-state index in [4.69, 9.17) is 0 Å². The van der Waals surface area contributed by atoms with Gasteiger partial charge in [0.2, 0.25) is 5.91 Å². The van der Waals surface area contributed by atoms with Crippen LogP contribution in [0, 0.1) is 0 Å². The van der Waals surface area contributed by atoms with E-state index in [-0.39, 0.29) is 18.3 Å². The number of methoxy groups -OCH3 is 1. The van der Waals surface area contributed by atoms with E-state index >= 15 is 0 Å². The van der Waals surface area contributed by atoms with Crippen LogP contribution in [0.3, 0.4) is 0 Å². The van der Waals surface area contributed by atoms with E-state index in [1.807, 2.05) is 18.7 Å². The molecule has 17 heavy (non-hydrogen) atoms. The van der Waals surface area contributed by atoms with Crippen molar-refractivity contribution in [2.75, 3.05) is 26.7 Å². The molecule has 5 heteroatoms. The number of piperazine rings is 1. The molecule has 0 aromatic carbocycles. The average Bonchev–Trinajstić information content (AvgIpc) is 2.29. The number of allylic oxidation sites excluding steroid dienone is 1. The molecule has 0 radical (unpaired) electrons. The Morgan fingerprint density at radius 2 is 2.29 bits per heavy atom. The molecule has 1 saturated heterocycles. The van der Waals surface area contributed by atoms with Crippen LogP contribution in [0.2, 0.25) is 0 Å². The maximum Gasteiger partial charge on any atom is 0.307 e. The molecular formula is C12H20N2O3. The van der Waals surface area contributed by atoms with Crippen LogP contribution >= 0.6 is 0 Å². The predicted octanol–water partition coefficient (Wildman–Crippen LogP) is 0.316. The van der Waals surface area contributed by atoms with Gasteiger partial charge in [0.1, 0.15) is 0 Å². The minimum absolute atomic E-state index is 0.0937. The lowest BCUT2D eigenvalue weighted by Gasteiger charge is -2.33. The van der Waals surface area contributed by atoms with Crippen LogP contribution in [-0.2, 0) is 14.3 Å². The highest BCUT2D eigenvalue weighted by Crippen LogP contribution is 2.10. The Bertz CT molecular complexity index is 322. The third kappa shape index (κ3) is 4.19. The fourth-order valence-corrected chi connectivity index (χ4v) is 1.74. The van der Waals surface area contributed by atoms with E-state index < -0.39 is 6.04 Å². The van der Waals surface area contributed by atoms with Crippen LogP contribution in [0.4, 0.5) is 0 Å². The molecule has 5 nitrogen and oxygen atoms in total. The molecule has 0 aliphatic carbocycles. The molecule has 1 atom stereocenters. The van der Waals surface area contributed by atoms with Gasteiger partial charge in [-0.3, -0.25) is 14.5 Å². The van der Waals surface area contributed by atoms with Crippen molar-refractivity contribution in [1.82, 2.24) is 10.2 Å². The van der Waals surface area contributed by atoms with Crippen molar-refractivity contribution in [3.8, 4) is 0 Å². The molecule has 1 N–H and O–H groups in total. The van der Waals surface area contributed by atoms with E-state index in [9.17, 15) is 9.59 Å². The smallest absolute Gasteiger partial charge is 0.307 e. The maximum absolute atomic E-state index is 11.7. The highest BCUT2D eigenvalue weighted by molar-refractivity contribution is 5.87. The first-order valence-corrected chi connectivity index (χ1v) is 5.76. The number of ether oxygens (including phenoxy) is 1. The molecule has 0 aromatic heterocycles. The van der Waals surface area contributed by atoms with E-state index in [0.717, 1.165) is 6.54 Å². The predicted molar refractivity (Wildman–Crippen MR) is 64.4 cm³/mol. The van der Waals surface area contributed by atoms with Gasteiger partial charge in [-0.05, 0) is 13.8 Å². The lowest BCUT2D eigenvalue weighted by Crippen LogP contribution is -2.55. The lowest BCUT2D eigenvalue weighted by atomic mass is 10.1. The number of amides is 1. The first kappa shape index (κ1) is 13.7. The summed E-state index contributed by atoms with van der Waals surface area (Å²) in [6, 6.07) is -0.410. The van der Waals surface area contributed by atoms with E-state index in [2.05, 4.69) is 16.1 Å². The van der Waals surface area contributed by atoms with Gasteiger partial charge in [-0.1, -0.05) is 11.6 Å². The number of nitrogens with one attached hydrogen (secondary N) is 1. The topological polar surface area (TPSA) is 58.6 Å². The summed E-state index contributed by atoms with van der Waals surface area (Å²) >= 11 is 0. The van der Waals surface area contributed by atoms with Gasteiger partial charge < -0.3 is 10.1 Å². The van der Waals surface area contributed by atoms with Gasteiger partial charge in [-0.15, -0.1) is 0 Å². The van der Waals surface area contributed by atoms with Gasteiger partial charge in [0.15, 0.2) is 0 Å². The maximum atomic E-state index is 11.7. The fraction of sp³-hybridized carbons (Fsp3) is 0.667. The third-order valence-electron chi connectivity index (χ3n) is 2.76. The van der Waals surface area contributed by atoms with Gasteiger partial charge >= 0.3 is 5.97 Å². The van der Waals surface area contributed by atoms with Gasteiger partial charge in [0, 0.05) is 19.6 Å². The van der Waals surface area contributed by atoms with Crippen LogP contribution in [0.5, 0.6) is 0 Å². The Hall–Kier alpha value is -1.36. The van der Waals surface area contributed by atoms with E-state index in [1.54, 1.807) is 0 Å². The van der Waals surface area contributed by atoms with Crippen molar-refractivity contribution in [3.63, 3.8) is 0 Å². The normalized spacial score (nSPS) is 20.6. The number of carbonyl (C=O) groups excluding carboxylic acids is 2. The van der Waals surface area contributed by atoms with Gasteiger partial charge in [-0.2, -0.15) is 0 Å². The third-order valence-corrected chi connectivity index (χ3v) is 2.76. The molecule has 1 rings (SSSR count). The molecule has 0 spiro atoms. The molecule has 0 unspecified atom stereocenters. The zero-order chi connectivity index (χ0) is 12.8. The van der Waals surface area contributed by atoms with E-state index in [1.165, 1.54) is 12.7 Å². The van der Waals surface area contributed by atoms with Gasteiger partial charge in [0.05, 0.1) is 19.6 Å². The van der Waals surface area contributed by atoms with Crippen molar-refractivity contribution in [2.24, 2.45) is 0 Å². The number of rotatable bonds is 4. The second-order valence-corrected chi connectivity index (χ2v) is 4.36. The van der Waals surface area contributed by atoms with Crippen LogP contribution in [0.1, 0.15) is 20.3 Å². The number of carbonyl (C=O) groups is 2. The van der Waals surface area contributed by atoms with Crippen LogP contribution in [0.25, 0.3) is 0 Å². The Morgan fingerprint density at radius 1 is 1.59 bits per heavy atom. The fourth-order valence-electron chi connectivity index (χ4n) is 1.74. The van der Waals surface area contributed by atoms with Crippen LogP contribution < -0.4 is 5.32 Å². The second-order valence-electron chi connectivity index (χ2n) is 4.36. The molecular weight excluding hydrogens is 220 g/mol. The standard InChI is InChI=1S/C12H20N2O3/c1-9(2)4-6-14-7-5-13-12(16)10(14)8-11(15)17-3/h4,10H,5-8H2,1-3H3,(H,13,16)/t10-/m1/s1. The highest BCUT2D eigenvalue weighted by atomic mass is 16.5. The molecule has 96 valence electrons. The highest BCUT2D eigenvalue weighted by Gasteiger charge is 2.31. The zero-order valence-electron chi connectivity index (χ0n) is 10.7. The van der Waals surface area contributed by atoms with Crippen molar-refractivity contribution >= 4 is 11.9 Å². The Kier molecular flexibility index (Phi) is 5.15. The minimum atomic E-state index is -0.410. The van der Waals surface area contributed by atoms with Gasteiger partial charge in [0.25, 0.3) is 0 Å². The van der Waals surface area contributed by atoms with Gasteiger partial charge in [-0.25, -0.2) is 0 Å². The quantitative estimate of drug-likeness (QED) is 0.568. The van der Waals surface area contributed by atoms with Crippen molar-refractivity contribution in [2.45, 2.75) is 26.3 Å². The molecule has 0 saturated carbocycles. The molecule has 1 amide bonds. The summed E-state index contributed by atoms with van der Waals surface area (Å²) in [6.07, 6.45) is 2.17. The lowest BCUT2D eigenvalue weighted by molar-refractivity contribution is -0.145. The molecule has 0 bridgehead atoms. The average molecular weight is 240 g/mol. The van der Waals surface area contributed by atoms with Crippen molar-refractivity contribution < 1.29 is 14.3 Å². The Balaban J connectivity index is 2.66. The summed E-state index contributed by atoms with van der Waals surface area (Å²) in [7, 11) is 1.34. The Labute approximate surface area is 102 Å². The molecule has 1 aliphatic heterocycles. The summed E-state index contributed by atoms with van der Waals surface area (Å²) in [5.74, 6) is -0.446. The number of hydrogen-bond acceptors (Lipinski definition) is 4. The van der Waals surface area contributed by atoms with E-state index in [0.29, 0.717) is 13.1 Å². The van der Waals surface area contributed by atoms with Crippen molar-refractivity contribution in [1.29, 1.82) is 0 Å². The largest absolute Gasteiger partial charge is 0.469 e. The summed E-state index contributed by atoms with van der Waals surface area (Å²) in [4.78, 5) is 25.0. The molecule has 0 aromatic rings. The number of hydrogen-bond donors (Lipinski definition) is 1. The number of esters is 1. The summed E-state index contributed by atoms with van der Waals surface area (Å²) in [6.45, 7) is 6.11. The van der Waals surface area contributed by atoms with Crippen LogP contribution in [-0.4, -0.2) is 49.6 Å². The Morgan fingerprint density at radius 3 is 2.88 bits per heavy atom. The summed E-state index contributed by atoms with van der Waals surface area (Å²) < 4.78 is 4.61. The first-order chi connectivity index (χ1) is 8.04. The minimum Gasteiger partial charge on any atom is -0.469 e. The summed E-state index contributed by atoms with van der Waals surface area (Å²) in [5, 5.41) is 2.77. The number of nitrogens with zero attached hydrogens (tertiary/aromatic N) is 1. The first-order valence-electron chi connectivity index (χ1n) is 5.76. The molecule has 1 fully saturated rings. The SMILES string of the molecule is COC(=O)C[C@@H]1C(=O)NCCN1CC=C(C)C. The second kappa shape index (κ2) is 6.39. The molecule has 1 heterocycles. The summed E-state index contributed by atoms with van der Waals surface area (Å²) in [5.41, 5.74) is 1.20. The zero-order valence-corrected chi connectivity index (χ0v) is 10.7.